The molecule has 1 fully saturated rings. The first kappa shape index (κ1) is 9.16. The van der Waals surface area contributed by atoms with Crippen LogP contribution in [0.5, 0.6) is 0 Å². The fourth-order valence-electron chi connectivity index (χ4n) is 2.01. The van der Waals surface area contributed by atoms with Gasteiger partial charge in [0.2, 0.25) is 0 Å². The maximum absolute atomic E-state index is 5.88. The van der Waals surface area contributed by atoms with Gasteiger partial charge in [-0.05, 0) is 18.8 Å². The second kappa shape index (κ2) is 3.49. The molecule has 3 rings (SSSR count). The van der Waals surface area contributed by atoms with Crippen LogP contribution in [0.15, 0.2) is 18.5 Å². The van der Waals surface area contributed by atoms with Crippen molar-refractivity contribution < 1.29 is 0 Å². The summed E-state index contributed by atoms with van der Waals surface area (Å²) < 4.78 is 2.05. The largest absolute Gasteiger partial charge is 0.264 e. The van der Waals surface area contributed by atoms with E-state index in [1.54, 1.807) is 6.20 Å². The Hall–Kier alpha value is -1.09. The number of hydrogen-bond acceptors (Lipinski definition) is 2. The lowest BCUT2D eigenvalue weighted by atomic mass is 9.85. The van der Waals surface area contributed by atoms with Gasteiger partial charge in [-0.25, -0.2) is 4.98 Å². The maximum Gasteiger partial charge on any atom is 0.131 e. The molecule has 2 aromatic heterocycles. The van der Waals surface area contributed by atoms with Crippen molar-refractivity contribution in [1.82, 2.24) is 14.8 Å². The van der Waals surface area contributed by atoms with Crippen molar-refractivity contribution in [3.8, 4) is 0 Å². The predicted octanol–water partition coefficient (Wildman–Crippen LogP) is 2.88. The Morgan fingerprint density at radius 1 is 1.40 bits per heavy atom. The number of fused-ring (bicyclic) bond motifs is 1. The van der Waals surface area contributed by atoms with Gasteiger partial charge >= 0.3 is 0 Å². The average molecular weight is 222 g/mol. The molecule has 0 saturated heterocycles. The van der Waals surface area contributed by atoms with Crippen LogP contribution in [-0.4, -0.2) is 14.8 Å². The molecule has 0 radical (unpaired) electrons. The predicted molar refractivity (Wildman–Crippen MR) is 59.9 cm³/mol. The SMILES string of the molecule is Clc1cc2c(cn1)cnn2CC1CCC1. The zero-order valence-corrected chi connectivity index (χ0v) is 9.11. The monoisotopic (exact) mass is 221 g/mol. The Kier molecular flexibility index (Phi) is 2.13. The lowest BCUT2D eigenvalue weighted by Gasteiger charge is -2.25. The number of aromatic nitrogens is 3. The van der Waals surface area contributed by atoms with Gasteiger partial charge in [0.25, 0.3) is 0 Å². The van der Waals surface area contributed by atoms with E-state index in [2.05, 4.69) is 10.1 Å². The lowest BCUT2D eigenvalue weighted by Crippen LogP contribution is -2.18. The van der Waals surface area contributed by atoms with Gasteiger partial charge in [0.05, 0.1) is 11.7 Å². The Balaban J connectivity index is 1.98. The maximum atomic E-state index is 5.88. The topological polar surface area (TPSA) is 30.7 Å². The Labute approximate surface area is 93.1 Å². The minimum atomic E-state index is 0.540. The van der Waals surface area contributed by atoms with Crippen LogP contribution in [-0.2, 0) is 6.54 Å². The van der Waals surface area contributed by atoms with Crippen LogP contribution in [0.3, 0.4) is 0 Å². The van der Waals surface area contributed by atoms with Gasteiger partial charge < -0.3 is 0 Å². The third kappa shape index (κ3) is 1.61. The molecule has 2 heterocycles. The summed E-state index contributed by atoms with van der Waals surface area (Å²) in [6.45, 7) is 1.02. The van der Waals surface area contributed by atoms with E-state index in [4.69, 9.17) is 11.6 Å². The molecule has 1 aliphatic rings. The van der Waals surface area contributed by atoms with Gasteiger partial charge in [0, 0.05) is 24.2 Å². The molecular formula is C11H12ClN3. The summed E-state index contributed by atoms with van der Waals surface area (Å²) in [5.74, 6) is 0.806. The van der Waals surface area contributed by atoms with Gasteiger partial charge in [0.15, 0.2) is 0 Å². The molecular weight excluding hydrogens is 210 g/mol. The Morgan fingerprint density at radius 3 is 3.00 bits per heavy atom. The van der Waals surface area contributed by atoms with E-state index in [1.165, 1.54) is 19.3 Å². The van der Waals surface area contributed by atoms with Crippen molar-refractivity contribution in [2.24, 2.45) is 5.92 Å². The first-order valence-electron chi connectivity index (χ1n) is 5.30. The molecule has 1 saturated carbocycles. The highest BCUT2D eigenvalue weighted by Crippen LogP contribution is 2.29. The van der Waals surface area contributed by atoms with E-state index >= 15 is 0 Å². The van der Waals surface area contributed by atoms with Crippen molar-refractivity contribution in [1.29, 1.82) is 0 Å². The number of halogens is 1. The van der Waals surface area contributed by atoms with Crippen molar-refractivity contribution in [2.45, 2.75) is 25.8 Å². The Morgan fingerprint density at radius 2 is 2.27 bits per heavy atom. The van der Waals surface area contributed by atoms with Crippen LogP contribution in [0.2, 0.25) is 5.15 Å². The van der Waals surface area contributed by atoms with Crippen LogP contribution in [0.25, 0.3) is 10.9 Å². The van der Waals surface area contributed by atoms with Crippen LogP contribution in [0.4, 0.5) is 0 Å². The van der Waals surface area contributed by atoms with E-state index in [0.29, 0.717) is 5.15 Å². The molecule has 4 heteroatoms. The van der Waals surface area contributed by atoms with Crippen LogP contribution >= 0.6 is 11.6 Å². The van der Waals surface area contributed by atoms with E-state index in [9.17, 15) is 0 Å². The molecule has 2 aromatic rings. The molecule has 0 atom stereocenters. The summed E-state index contributed by atoms with van der Waals surface area (Å²) in [5.41, 5.74) is 1.10. The smallest absolute Gasteiger partial charge is 0.131 e. The molecule has 1 aliphatic carbocycles. The minimum absolute atomic E-state index is 0.540. The highest BCUT2D eigenvalue weighted by molar-refractivity contribution is 6.29. The molecule has 15 heavy (non-hydrogen) atoms. The summed E-state index contributed by atoms with van der Waals surface area (Å²) >= 11 is 5.88. The normalized spacial score (nSPS) is 16.9. The highest BCUT2D eigenvalue weighted by Gasteiger charge is 2.19. The van der Waals surface area contributed by atoms with Gasteiger partial charge in [-0.15, -0.1) is 0 Å². The lowest BCUT2D eigenvalue weighted by molar-refractivity contribution is 0.270. The Bertz CT molecular complexity index is 488. The van der Waals surface area contributed by atoms with Crippen molar-refractivity contribution in [3.05, 3.63) is 23.6 Å². The number of hydrogen-bond donors (Lipinski definition) is 0. The summed E-state index contributed by atoms with van der Waals surface area (Å²) in [5, 5.41) is 5.98. The van der Waals surface area contributed by atoms with Gasteiger partial charge in [-0.1, -0.05) is 18.0 Å². The molecule has 0 unspecified atom stereocenters. The summed E-state index contributed by atoms with van der Waals surface area (Å²) in [4.78, 5) is 4.05. The first-order chi connectivity index (χ1) is 7.33. The van der Waals surface area contributed by atoms with Crippen LogP contribution < -0.4 is 0 Å². The molecule has 0 bridgehead atoms. The number of pyridine rings is 1. The summed E-state index contributed by atoms with van der Waals surface area (Å²) in [6, 6.07) is 1.89. The van der Waals surface area contributed by atoms with Gasteiger partial charge in [0.1, 0.15) is 5.15 Å². The first-order valence-corrected chi connectivity index (χ1v) is 5.68. The van der Waals surface area contributed by atoms with Gasteiger partial charge in [-0.2, -0.15) is 5.10 Å². The molecule has 78 valence electrons. The van der Waals surface area contributed by atoms with E-state index < -0.39 is 0 Å². The zero-order valence-electron chi connectivity index (χ0n) is 8.36. The average Bonchev–Trinajstić information content (AvgIpc) is 2.54. The molecule has 0 aliphatic heterocycles. The van der Waals surface area contributed by atoms with E-state index in [-0.39, 0.29) is 0 Å². The van der Waals surface area contributed by atoms with E-state index in [1.807, 2.05) is 16.9 Å². The number of nitrogens with zero attached hydrogens (tertiary/aromatic N) is 3. The standard InChI is InChI=1S/C11H12ClN3/c12-11-4-10-9(5-13-11)6-14-15(10)7-8-2-1-3-8/h4-6,8H,1-3,7H2. The van der Waals surface area contributed by atoms with Crippen molar-refractivity contribution >= 4 is 22.5 Å². The van der Waals surface area contributed by atoms with Crippen molar-refractivity contribution in [3.63, 3.8) is 0 Å². The molecule has 0 aromatic carbocycles. The fourth-order valence-corrected chi connectivity index (χ4v) is 2.17. The third-order valence-electron chi connectivity index (χ3n) is 3.15. The van der Waals surface area contributed by atoms with E-state index in [0.717, 1.165) is 23.4 Å². The van der Waals surface area contributed by atoms with Gasteiger partial charge in [-0.3, -0.25) is 4.68 Å². The summed E-state index contributed by atoms with van der Waals surface area (Å²) in [6.07, 6.45) is 7.67. The molecule has 0 N–H and O–H groups in total. The molecule has 3 nitrogen and oxygen atoms in total. The van der Waals surface area contributed by atoms with Crippen LogP contribution in [0.1, 0.15) is 19.3 Å². The molecule has 0 spiro atoms. The van der Waals surface area contributed by atoms with Crippen molar-refractivity contribution in [2.75, 3.05) is 0 Å². The quantitative estimate of drug-likeness (QED) is 0.731. The van der Waals surface area contributed by atoms with Crippen LogP contribution in [0, 0.1) is 5.92 Å². The molecule has 0 amide bonds. The minimum Gasteiger partial charge on any atom is -0.264 e. The summed E-state index contributed by atoms with van der Waals surface area (Å²) in [7, 11) is 0. The fraction of sp³-hybridized carbons (Fsp3) is 0.455. The number of rotatable bonds is 2. The second-order valence-electron chi connectivity index (χ2n) is 4.19. The third-order valence-corrected chi connectivity index (χ3v) is 3.36. The highest BCUT2D eigenvalue weighted by atomic mass is 35.5. The zero-order chi connectivity index (χ0) is 10.3. The second-order valence-corrected chi connectivity index (χ2v) is 4.58.